The van der Waals surface area contributed by atoms with Gasteiger partial charge in [-0.1, -0.05) is 13.3 Å². The Bertz CT molecular complexity index is 299. The van der Waals surface area contributed by atoms with Gasteiger partial charge in [0.15, 0.2) is 0 Å². The van der Waals surface area contributed by atoms with Crippen LogP contribution in [0.25, 0.3) is 0 Å². The van der Waals surface area contributed by atoms with E-state index >= 15 is 0 Å². The Kier molecular flexibility index (Phi) is 2.54. The van der Waals surface area contributed by atoms with Crippen LogP contribution in [-0.2, 0) is 12.5 Å². The number of rotatable bonds is 3. The molecule has 78 valence electrons. The minimum absolute atomic E-state index is 0.236. The fraction of sp³-hybridized carbons (Fsp3) is 0.800. The molecule has 0 aromatic carbocycles. The first-order valence-electron chi connectivity index (χ1n) is 5.34. The van der Waals surface area contributed by atoms with Crippen LogP contribution < -0.4 is 5.32 Å². The third-order valence-corrected chi connectivity index (χ3v) is 3.16. The predicted molar refractivity (Wildman–Crippen MR) is 55.1 cm³/mol. The predicted octanol–water partition coefficient (Wildman–Crippen LogP) is 0.846. The molecule has 2 rings (SSSR count). The molecule has 0 saturated carbocycles. The van der Waals surface area contributed by atoms with Crippen LogP contribution in [0.15, 0.2) is 6.33 Å². The van der Waals surface area contributed by atoms with Gasteiger partial charge in [-0.25, -0.2) is 4.98 Å². The lowest BCUT2D eigenvalue weighted by molar-refractivity contribution is 0.385. The second-order valence-corrected chi connectivity index (χ2v) is 4.16. The van der Waals surface area contributed by atoms with E-state index in [2.05, 4.69) is 22.3 Å². The molecule has 1 aromatic rings. The minimum atomic E-state index is 0.236. The van der Waals surface area contributed by atoms with Crippen molar-refractivity contribution in [2.75, 3.05) is 13.1 Å². The molecule has 2 heterocycles. The Morgan fingerprint density at radius 2 is 2.50 bits per heavy atom. The summed E-state index contributed by atoms with van der Waals surface area (Å²) in [5.41, 5.74) is 0.236. The van der Waals surface area contributed by atoms with Gasteiger partial charge in [0.05, 0.1) is 0 Å². The Hall–Kier alpha value is -0.900. The lowest BCUT2D eigenvalue weighted by Gasteiger charge is -2.26. The highest BCUT2D eigenvalue weighted by Crippen LogP contribution is 2.33. The van der Waals surface area contributed by atoms with Crippen LogP contribution >= 0.6 is 0 Å². The summed E-state index contributed by atoms with van der Waals surface area (Å²) < 4.78 is 1.92. The van der Waals surface area contributed by atoms with Crippen LogP contribution in [0.3, 0.4) is 0 Å². The van der Waals surface area contributed by atoms with Crippen molar-refractivity contribution in [1.29, 1.82) is 0 Å². The first kappa shape index (κ1) is 9.65. The molecule has 4 nitrogen and oxygen atoms in total. The Labute approximate surface area is 84.7 Å². The molecule has 0 aliphatic carbocycles. The number of nitrogens with zero attached hydrogens (tertiary/aromatic N) is 3. The maximum atomic E-state index is 4.40. The molecule has 0 spiro atoms. The average Bonchev–Trinajstić information content (AvgIpc) is 2.75. The van der Waals surface area contributed by atoms with Gasteiger partial charge in [-0.2, -0.15) is 5.10 Å². The zero-order valence-corrected chi connectivity index (χ0v) is 8.95. The molecule has 1 N–H and O–H groups in total. The average molecular weight is 194 g/mol. The van der Waals surface area contributed by atoms with Crippen molar-refractivity contribution in [3.05, 3.63) is 12.2 Å². The molecule has 0 bridgehead atoms. The molecule has 14 heavy (non-hydrogen) atoms. The normalized spacial score (nSPS) is 27.0. The largest absolute Gasteiger partial charge is 0.316 e. The minimum Gasteiger partial charge on any atom is -0.316 e. The second kappa shape index (κ2) is 3.69. The molecular formula is C10H18N4. The smallest absolute Gasteiger partial charge is 0.138 e. The number of nitrogens with one attached hydrogen (secondary N) is 1. The van der Waals surface area contributed by atoms with Gasteiger partial charge in [0.1, 0.15) is 12.2 Å². The molecule has 1 aliphatic heterocycles. The summed E-state index contributed by atoms with van der Waals surface area (Å²) in [5, 5.41) is 7.60. The third-order valence-electron chi connectivity index (χ3n) is 3.16. The lowest BCUT2D eigenvalue weighted by atomic mass is 9.81. The van der Waals surface area contributed by atoms with E-state index in [1.165, 1.54) is 19.3 Å². The molecule has 1 unspecified atom stereocenters. The van der Waals surface area contributed by atoms with Crippen molar-refractivity contribution in [3.63, 3.8) is 0 Å². The molecule has 0 amide bonds. The highest BCUT2D eigenvalue weighted by molar-refractivity contribution is 5.11. The van der Waals surface area contributed by atoms with E-state index in [0.29, 0.717) is 0 Å². The quantitative estimate of drug-likeness (QED) is 0.775. The van der Waals surface area contributed by atoms with Gasteiger partial charge in [-0.3, -0.25) is 4.68 Å². The molecular weight excluding hydrogens is 176 g/mol. The zero-order chi connectivity index (χ0) is 10.0. The van der Waals surface area contributed by atoms with Gasteiger partial charge >= 0.3 is 0 Å². The fourth-order valence-corrected chi connectivity index (χ4v) is 2.51. The molecule has 4 heteroatoms. The number of hydrogen-bond acceptors (Lipinski definition) is 3. The maximum Gasteiger partial charge on any atom is 0.138 e. The summed E-state index contributed by atoms with van der Waals surface area (Å²) >= 11 is 0. The van der Waals surface area contributed by atoms with Crippen LogP contribution in [-0.4, -0.2) is 27.9 Å². The van der Waals surface area contributed by atoms with E-state index in [1.807, 2.05) is 11.7 Å². The summed E-state index contributed by atoms with van der Waals surface area (Å²) in [6.45, 7) is 4.39. The van der Waals surface area contributed by atoms with Crippen LogP contribution in [0.5, 0.6) is 0 Å². The van der Waals surface area contributed by atoms with Crippen LogP contribution in [0.2, 0.25) is 0 Å². The highest BCUT2D eigenvalue weighted by Gasteiger charge is 2.38. The summed E-state index contributed by atoms with van der Waals surface area (Å²) in [6.07, 6.45) is 5.25. The van der Waals surface area contributed by atoms with E-state index in [9.17, 15) is 0 Å². The Balaban J connectivity index is 2.31. The zero-order valence-electron chi connectivity index (χ0n) is 8.95. The fourth-order valence-electron chi connectivity index (χ4n) is 2.51. The molecule has 0 radical (unpaired) electrons. The second-order valence-electron chi connectivity index (χ2n) is 4.16. The summed E-state index contributed by atoms with van der Waals surface area (Å²) in [4.78, 5) is 4.40. The number of hydrogen-bond donors (Lipinski definition) is 1. The number of aryl methyl sites for hydroxylation is 1. The van der Waals surface area contributed by atoms with Gasteiger partial charge in [0, 0.05) is 19.0 Å². The molecule has 1 aromatic heterocycles. The van der Waals surface area contributed by atoms with E-state index in [-0.39, 0.29) is 5.41 Å². The van der Waals surface area contributed by atoms with Gasteiger partial charge < -0.3 is 5.32 Å². The van der Waals surface area contributed by atoms with Crippen molar-refractivity contribution < 1.29 is 0 Å². The van der Waals surface area contributed by atoms with Gasteiger partial charge in [0.2, 0.25) is 0 Å². The van der Waals surface area contributed by atoms with Crippen LogP contribution in [0.4, 0.5) is 0 Å². The maximum absolute atomic E-state index is 4.40. The monoisotopic (exact) mass is 194 g/mol. The van der Waals surface area contributed by atoms with Crippen molar-refractivity contribution in [1.82, 2.24) is 20.1 Å². The van der Waals surface area contributed by atoms with Crippen molar-refractivity contribution >= 4 is 0 Å². The highest BCUT2D eigenvalue weighted by atomic mass is 15.3. The summed E-state index contributed by atoms with van der Waals surface area (Å²) in [5.74, 6) is 1.14. The van der Waals surface area contributed by atoms with Crippen molar-refractivity contribution in [2.24, 2.45) is 7.05 Å². The van der Waals surface area contributed by atoms with E-state index < -0.39 is 0 Å². The summed E-state index contributed by atoms with van der Waals surface area (Å²) in [6, 6.07) is 0. The molecule has 1 atom stereocenters. The molecule has 1 aliphatic rings. The first-order chi connectivity index (χ1) is 6.78. The van der Waals surface area contributed by atoms with Crippen molar-refractivity contribution in [2.45, 2.75) is 31.6 Å². The van der Waals surface area contributed by atoms with Crippen molar-refractivity contribution in [3.8, 4) is 0 Å². The van der Waals surface area contributed by atoms with Gasteiger partial charge in [-0.15, -0.1) is 0 Å². The van der Waals surface area contributed by atoms with Crippen LogP contribution in [0.1, 0.15) is 32.0 Å². The molecule has 1 fully saturated rings. The van der Waals surface area contributed by atoms with Crippen LogP contribution in [0, 0.1) is 0 Å². The third kappa shape index (κ3) is 1.43. The molecule has 1 saturated heterocycles. The van der Waals surface area contributed by atoms with E-state index in [1.54, 1.807) is 6.33 Å². The first-order valence-corrected chi connectivity index (χ1v) is 5.34. The standard InChI is InChI=1S/C10H18N4/c1-3-4-10(5-6-11-7-10)9-12-8-13-14(9)2/h8,11H,3-7H2,1-2H3. The number of aromatic nitrogens is 3. The lowest BCUT2D eigenvalue weighted by Crippen LogP contribution is -2.32. The topological polar surface area (TPSA) is 42.7 Å². The van der Waals surface area contributed by atoms with Gasteiger partial charge in [-0.05, 0) is 19.4 Å². The summed E-state index contributed by atoms with van der Waals surface area (Å²) in [7, 11) is 1.98. The van der Waals surface area contributed by atoms with E-state index in [4.69, 9.17) is 0 Å². The van der Waals surface area contributed by atoms with Gasteiger partial charge in [0.25, 0.3) is 0 Å². The Morgan fingerprint density at radius 1 is 1.64 bits per heavy atom. The Morgan fingerprint density at radius 3 is 3.00 bits per heavy atom. The van der Waals surface area contributed by atoms with E-state index in [0.717, 1.165) is 18.9 Å². The SMILES string of the molecule is CCCC1(c2ncnn2C)CCNC1.